The first-order chi connectivity index (χ1) is 27.9. The number of aromatic nitrogens is 4. The molecule has 1 saturated carbocycles. The van der Waals surface area contributed by atoms with Gasteiger partial charge in [-0.3, -0.25) is 29.1 Å². The lowest BCUT2D eigenvalue weighted by Crippen LogP contribution is -2.47. The number of aliphatic hydroxyl groups is 2. The van der Waals surface area contributed by atoms with Gasteiger partial charge in [-0.05, 0) is 77.3 Å². The Morgan fingerprint density at radius 3 is 2.29 bits per heavy atom. The predicted octanol–water partition coefficient (Wildman–Crippen LogP) is 2.00. The lowest BCUT2D eigenvalue weighted by Gasteiger charge is -2.36. The van der Waals surface area contributed by atoms with Crippen molar-refractivity contribution in [2.75, 3.05) is 37.1 Å². The van der Waals surface area contributed by atoms with Gasteiger partial charge in [0.05, 0.1) is 48.2 Å². The number of nitrogens with one attached hydrogen (secondary N) is 1. The number of amides is 3. The van der Waals surface area contributed by atoms with Crippen LogP contribution in [-0.2, 0) is 29.2 Å². The summed E-state index contributed by atoms with van der Waals surface area (Å²) >= 11 is 0. The number of benzene rings is 1. The number of nitrogens with two attached hydrogens (primary N) is 3. The van der Waals surface area contributed by atoms with Crippen LogP contribution in [0.1, 0.15) is 90.3 Å². The number of hydrogen-bond donors (Lipinski definition) is 6. The van der Waals surface area contributed by atoms with E-state index in [9.17, 15) is 24.6 Å². The zero-order valence-electron chi connectivity index (χ0n) is 33.6. The fourth-order valence-corrected chi connectivity index (χ4v) is 8.05. The molecule has 9 N–H and O–H groups in total. The van der Waals surface area contributed by atoms with Crippen LogP contribution < -0.4 is 32.2 Å². The van der Waals surface area contributed by atoms with E-state index in [1.807, 2.05) is 43.3 Å². The van der Waals surface area contributed by atoms with Crippen LogP contribution in [0.15, 0.2) is 52.4 Å². The molecule has 18 heteroatoms. The number of anilines is 2. The topological polar surface area (TPSA) is 255 Å². The second-order valence-corrected chi connectivity index (χ2v) is 14.7. The fourth-order valence-electron chi connectivity index (χ4n) is 8.05. The molecule has 3 amide bonds. The van der Waals surface area contributed by atoms with Crippen LogP contribution in [0.5, 0.6) is 5.75 Å². The molecule has 312 valence electrons. The molecule has 3 atom stereocenters. The molecule has 3 aromatic rings. The number of guanidine groups is 1. The Morgan fingerprint density at radius 1 is 0.931 bits per heavy atom. The van der Waals surface area contributed by atoms with Crippen LogP contribution in [0, 0.1) is 13.8 Å². The Bertz CT molecular complexity index is 2120. The molecule has 0 radical (unpaired) electrons. The third-order valence-electron chi connectivity index (χ3n) is 10.6. The van der Waals surface area contributed by atoms with Crippen LogP contribution >= 0.6 is 0 Å². The Hall–Kier alpha value is -5.88. The average Bonchev–Trinajstić information content (AvgIpc) is 3.98. The standard InChI is InChI=1S/C40H55N11O7/c1-5-49-29(15-23(3)46-49)22-48(35-30(41)17-25(37(42)54)19-33(35)57-13-7-11-52)27-9-10-28(21-27)51-36-31(18-26(38(43)55)20-34(36)58-14-8-12-53)44-40(51)45-39(56)32-16-24(4)47-50(32)6-2/h15-17,19-20,27-28,31,52-53H,5-14,18,21-22,41H2,1-4H3,(H2,42,54)(H2,43,55)(H,44,45,56). The summed E-state index contributed by atoms with van der Waals surface area (Å²) in [7, 11) is 0. The largest absolute Gasteiger partial charge is 0.492 e. The van der Waals surface area contributed by atoms with Gasteiger partial charge in [-0.15, -0.1) is 0 Å². The molecule has 3 heterocycles. The van der Waals surface area contributed by atoms with E-state index in [0.717, 1.165) is 11.4 Å². The van der Waals surface area contributed by atoms with Gasteiger partial charge in [0.1, 0.15) is 28.9 Å². The number of carbonyl (C=O) groups excluding carboxylic acids is 3. The van der Waals surface area contributed by atoms with E-state index < -0.39 is 17.9 Å². The maximum Gasteiger partial charge on any atom is 0.276 e. The van der Waals surface area contributed by atoms with Crippen molar-refractivity contribution in [3.05, 3.63) is 75.7 Å². The van der Waals surface area contributed by atoms with E-state index in [1.54, 1.807) is 29.0 Å². The van der Waals surface area contributed by atoms with Gasteiger partial charge in [0.2, 0.25) is 17.8 Å². The second kappa shape index (κ2) is 18.1. The van der Waals surface area contributed by atoms with Crippen molar-refractivity contribution in [2.45, 2.75) is 104 Å². The summed E-state index contributed by atoms with van der Waals surface area (Å²) in [6, 6.07) is 5.93. The number of ether oxygens (including phenoxy) is 2. The molecule has 0 spiro atoms. The third kappa shape index (κ3) is 8.82. The first kappa shape index (κ1) is 41.7. The Morgan fingerprint density at radius 2 is 1.62 bits per heavy atom. The number of primary amides is 2. The van der Waals surface area contributed by atoms with Crippen LogP contribution in [0.2, 0.25) is 0 Å². The van der Waals surface area contributed by atoms with Gasteiger partial charge < -0.3 is 46.7 Å². The third-order valence-corrected chi connectivity index (χ3v) is 10.6. The summed E-state index contributed by atoms with van der Waals surface area (Å²) in [4.78, 5) is 48.1. The maximum atomic E-state index is 14.0. The number of nitrogen functional groups attached to an aromatic ring is 1. The highest BCUT2D eigenvalue weighted by Crippen LogP contribution is 2.44. The van der Waals surface area contributed by atoms with E-state index in [-0.39, 0.29) is 56.4 Å². The number of rotatable bonds is 18. The van der Waals surface area contributed by atoms with E-state index in [1.165, 1.54) is 0 Å². The molecule has 1 aromatic carbocycles. The SMILES string of the molecule is CCn1nc(C)cc1CN(c1c(N)cc(C(N)=O)cc1OCCCO)C1CCC(N2C(NC(=O)c3cc(C)nn3CC)=NC3CC(C(N)=O)=CC(OCCCO)=C32)C1. The molecule has 58 heavy (non-hydrogen) atoms. The van der Waals surface area contributed by atoms with Crippen molar-refractivity contribution in [2.24, 2.45) is 16.5 Å². The van der Waals surface area contributed by atoms with Gasteiger partial charge in [0, 0.05) is 68.8 Å². The minimum absolute atomic E-state index is 0.0847. The van der Waals surface area contributed by atoms with E-state index in [4.69, 9.17) is 36.8 Å². The summed E-state index contributed by atoms with van der Waals surface area (Å²) in [5, 5.41) is 31.3. The van der Waals surface area contributed by atoms with Crippen molar-refractivity contribution in [3.8, 4) is 5.75 Å². The summed E-state index contributed by atoms with van der Waals surface area (Å²) < 4.78 is 16.0. The van der Waals surface area contributed by atoms with Crippen molar-refractivity contribution in [1.29, 1.82) is 0 Å². The molecular formula is C40H55N11O7. The fraction of sp³-hybridized carbons (Fsp3) is 0.500. The highest BCUT2D eigenvalue weighted by molar-refractivity contribution is 6.06. The van der Waals surface area contributed by atoms with E-state index >= 15 is 0 Å². The summed E-state index contributed by atoms with van der Waals surface area (Å²) in [6.07, 6.45) is 4.45. The van der Waals surface area contributed by atoms with Crippen molar-refractivity contribution >= 4 is 35.1 Å². The predicted molar refractivity (Wildman–Crippen MR) is 217 cm³/mol. The molecule has 0 bridgehead atoms. The Kier molecular flexibility index (Phi) is 13.1. The Balaban J connectivity index is 1.43. The van der Waals surface area contributed by atoms with Crippen LogP contribution in [0.3, 0.4) is 0 Å². The number of nitrogens with zero attached hydrogens (tertiary/aromatic N) is 7. The van der Waals surface area contributed by atoms with Crippen molar-refractivity contribution in [3.63, 3.8) is 0 Å². The zero-order chi connectivity index (χ0) is 41.7. The van der Waals surface area contributed by atoms with Gasteiger partial charge >= 0.3 is 0 Å². The molecule has 18 nitrogen and oxygen atoms in total. The van der Waals surface area contributed by atoms with Gasteiger partial charge in [-0.1, -0.05) is 0 Å². The number of hydrogen-bond acceptors (Lipinski definition) is 13. The molecule has 2 aromatic heterocycles. The molecule has 1 aliphatic heterocycles. The smallest absolute Gasteiger partial charge is 0.276 e. The molecule has 0 saturated heterocycles. The average molecular weight is 802 g/mol. The van der Waals surface area contributed by atoms with Gasteiger partial charge in [0.25, 0.3) is 5.91 Å². The lowest BCUT2D eigenvalue weighted by atomic mass is 9.95. The monoisotopic (exact) mass is 801 g/mol. The van der Waals surface area contributed by atoms with Crippen molar-refractivity contribution < 1.29 is 34.1 Å². The molecule has 6 rings (SSSR count). The van der Waals surface area contributed by atoms with Gasteiger partial charge in [-0.2, -0.15) is 10.2 Å². The minimum Gasteiger partial charge on any atom is -0.492 e. The van der Waals surface area contributed by atoms with Gasteiger partial charge in [-0.25, -0.2) is 4.99 Å². The highest BCUT2D eigenvalue weighted by Gasteiger charge is 2.45. The minimum atomic E-state index is -0.654. The van der Waals surface area contributed by atoms with Crippen LogP contribution in [-0.4, -0.2) is 103 Å². The van der Waals surface area contributed by atoms with Crippen LogP contribution in [0.25, 0.3) is 0 Å². The quantitative estimate of drug-likeness (QED) is 0.0798. The van der Waals surface area contributed by atoms with Crippen molar-refractivity contribution in [1.82, 2.24) is 29.8 Å². The number of aryl methyl sites for hydroxylation is 4. The summed E-state index contributed by atoms with van der Waals surface area (Å²) in [5.41, 5.74) is 23.3. The second-order valence-electron chi connectivity index (χ2n) is 14.7. The maximum absolute atomic E-state index is 14.0. The molecule has 3 unspecified atom stereocenters. The summed E-state index contributed by atoms with van der Waals surface area (Å²) in [5.74, 6) is -0.569. The molecular weight excluding hydrogens is 747 g/mol. The molecule has 3 aliphatic rings. The van der Waals surface area contributed by atoms with Gasteiger partial charge in [0.15, 0.2) is 0 Å². The molecule has 2 aliphatic carbocycles. The lowest BCUT2D eigenvalue weighted by molar-refractivity contribution is -0.114. The number of carbonyl (C=O) groups is 3. The van der Waals surface area contributed by atoms with Crippen LogP contribution in [0.4, 0.5) is 11.4 Å². The number of fused-ring (bicyclic) bond motifs is 1. The normalized spacial score (nSPS) is 18.9. The first-order valence-corrected chi connectivity index (χ1v) is 19.8. The zero-order valence-corrected chi connectivity index (χ0v) is 33.6. The summed E-state index contributed by atoms with van der Waals surface area (Å²) in [6.45, 7) is 9.40. The van der Waals surface area contributed by atoms with E-state index in [0.29, 0.717) is 103 Å². The Labute approximate surface area is 337 Å². The van der Waals surface area contributed by atoms with E-state index in [2.05, 4.69) is 15.3 Å². The highest BCUT2D eigenvalue weighted by atomic mass is 16.5. The number of allylic oxidation sites excluding steroid dienone is 1. The molecule has 1 fully saturated rings. The first-order valence-electron chi connectivity index (χ1n) is 19.8. The number of aliphatic hydroxyl groups excluding tert-OH is 2. The number of aliphatic imine (C=N–C) groups is 1.